The first-order valence-corrected chi connectivity index (χ1v) is 6.11. The van der Waals surface area contributed by atoms with Gasteiger partial charge in [0.2, 0.25) is 11.1 Å². The van der Waals surface area contributed by atoms with Crippen LogP contribution >= 0.6 is 11.5 Å². The zero-order valence-electron chi connectivity index (χ0n) is 9.82. The maximum absolute atomic E-state index is 5.45. The highest BCUT2D eigenvalue weighted by atomic mass is 32.1. The Bertz CT molecular complexity index is 287. The fourth-order valence-electron chi connectivity index (χ4n) is 1.75. The van der Waals surface area contributed by atoms with Crippen LogP contribution in [0, 0.1) is 17.8 Å². The molecule has 0 saturated heterocycles. The Morgan fingerprint density at radius 1 is 1.27 bits per heavy atom. The van der Waals surface area contributed by atoms with Crippen molar-refractivity contribution in [1.29, 1.82) is 0 Å². The van der Waals surface area contributed by atoms with Crippen LogP contribution in [0.4, 0.5) is 11.1 Å². The van der Waals surface area contributed by atoms with Crippen LogP contribution in [-0.4, -0.2) is 15.9 Å². The molecule has 5 heteroatoms. The average molecular weight is 228 g/mol. The predicted octanol–water partition coefficient (Wildman–Crippen LogP) is 2.46. The second-order valence-electron chi connectivity index (χ2n) is 4.49. The number of nitrogens with one attached hydrogen (secondary N) is 1. The van der Waals surface area contributed by atoms with Crippen molar-refractivity contribution in [3.8, 4) is 0 Å². The van der Waals surface area contributed by atoms with Gasteiger partial charge in [-0.05, 0) is 17.8 Å². The molecular weight excluding hydrogens is 208 g/mol. The van der Waals surface area contributed by atoms with Crippen molar-refractivity contribution >= 4 is 22.6 Å². The van der Waals surface area contributed by atoms with Gasteiger partial charge in [0.15, 0.2) is 0 Å². The minimum absolute atomic E-state index is 0.355. The first-order valence-electron chi connectivity index (χ1n) is 5.33. The number of nitrogens with zero attached hydrogens (tertiary/aromatic N) is 2. The standard InChI is InChI=1S/C10H20N4S/c1-6(2)8(7(3)4)5-12-10-13-9(11)14-15-10/h6-8H,5H2,1-4H3,(H3,11,12,13,14). The summed E-state index contributed by atoms with van der Waals surface area (Å²) >= 11 is 1.32. The lowest BCUT2D eigenvalue weighted by Crippen LogP contribution is -2.24. The molecule has 15 heavy (non-hydrogen) atoms. The van der Waals surface area contributed by atoms with E-state index in [0.29, 0.717) is 23.7 Å². The minimum atomic E-state index is 0.355. The summed E-state index contributed by atoms with van der Waals surface area (Å²) < 4.78 is 3.93. The van der Waals surface area contributed by atoms with Crippen LogP contribution < -0.4 is 11.1 Å². The van der Waals surface area contributed by atoms with Crippen LogP contribution in [0.15, 0.2) is 0 Å². The van der Waals surface area contributed by atoms with E-state index in [-0.39, 0.29) is 0 Å². The second-order valence-corrected chi connectivity index (χ2v) is 5.24. The summed E-state index contributed by atoms with van der Waals surface area (Å²) in [6.45, 7) is 9.94. The number of aromatic nitrogens is 2. The van der Waals surface area contributed by atoms with E-state index < -0.39 is 0 Å². The van der Waals surface area contributed by atoms with Crippen molar-refractivity contribution in [1.82, 2.24) is 9.36 Å². The van der Waals surface area contributed by atoms with E-state index in [1.165, 1.54) is 11.5 Å². The quantitative estimate of drug-likeness (QED) is 0.812. The van der Waals surface area contributed by atoms with Crippen LogP contribution in [-0.2, 0) is 0 Å². The molecule has 0 aliphatic rings. The number of rotatable bonds is 5. The number of anilines is 2. The molecule has 0 bridgehead atoms. The number of hydrogen-bond acceptors (Lipinski definition) is 5. The zero-order chi connectivity index (χ0) is 11.4. The van der Waals surface area contributed by atoms with Crippen molar-refractivity contribution in [3.63, 3.8) is 0 Å². The van der Waals surface area contributed by atoms with E-state index in [1.807, 2.05) is 0 Å². The van der Waals surface area contributed by atoms with Crippen molar-refractivity contribution in [2.75, 3.05) is 17.6 Å². The molecule has 0 fully saturated rings. The monoisotopic (exact) mass is 228 g/mol. The molecule has 0 amide bonds. The summed E-state index contributed by atoms with van der Waals surface area (Å²) in [5, 5.41) is 4.11. The van der Waals surface area contributed by atoms with Gasteiger partial charge in [-0.25, -0.2) is 0 Å². The van der Waals surface area contributed by atoms with Crippen LogP contribution in [0.5, 0.6) is 0 Å². The second kappa shape index (κ2) is 5.30. The Hall–Kier alpha value is -0.840. The smallest absolute Gasteiger partial charge is 0.233 e. The molecule has 0 atom stereocenters. The highest BCUT2D eigenvalue weighted by Gasteiger charge is 2.17. The van der Waals surface area contributed by atoms with E-state index in [1.54, 1.807) is 0 Å². The summed E-state index contributed by atoms with van der Waals surface area (Å²) in [4.78, 5) is 4.08. The minimum Gasteiger partial charge on any atom is -0.367 e. The lowest BCUT2D eigenvalue weighted by molar-refractivity contribution is 0.304. The van der Waals surface area contributed by atoms with Gasteiger partial charge in [0.05, 0.1) is 0 Å². The van der Waals surface area contributed by atoms with E-state index in [0.717, 1.165) is 11.7 Å². The van der Waals surface area contributed by atoms with Crippen LogP contribution in [0.3, 0.4) is 0 Å². The lowest BCUT2D eigenvalue weighted by atomic mass is 9.86. The predicted molar refractivity (Wildman–Crippen MR) is 66.0 cm³/mol. The molecule has 86 valence electrons. The summed E-state index contributed by atoms with van der Waals surface area (Å²) in [6.07, 6.45) is 0. The van der Waals surface area contributed by atoms with Gasteiger partial charge in [0, 0.05) is 18.1 Å². The lowest BCUT2D eigenvalue weighted by Gasteiger charge is -2.24. The molecule has 0 aliphatic carbocycles. The number of hydrogen-bond donors (Lipinski definition) is 2. The first kappa shape index (κ1) is 12.2. The summed E-state index contributed by atoms with van der Waals surface area (Å²) in [5.41, 5.74) is 5.45. The molecule has 1 aromatic rings. The first-order chi connectivity index (χ1) is 7.00. The molecule has 1 rings (SSSR count). The molecule has 0 radical (unpaired) electrons. The normalized spacial score (nSPS) is 11.7. The van der Waals surface area contributed by atoms with Crippen molar-refractivity contribution in [2.45, 2.75) is 27.7 Å². The molecule has 3 N–H and O–H groups in total. The molecule has 0 spiro atoms. The average Bonchev–Trinajstić information content (AvgIpc) is 2.50. The van der Waals surface area contributed by atoms with Gasteiger partial charge in [-0.15, -0.1) is 0 Å². The Labute approximate surface area is 95.5 Å². The SMILES string of the molecule is CC(C)C(CNc1nc(N)ns1)C(C)C. The molecule has 0 aliphatic heterocycles. The molecule has 0 unspecified atom stereocenters. The number of nitrogens with two attached hydrogens (primary N) is 1. The Balaban J connectivity index is 2.47. The molecular formula is C10H20N4S. The Kier molecular flexibility index (Phi) is 4.32. The van der Waals surface area contributed by atoms with Gasteiger partial charge in [-0.3, -0.25) is 0 Å². The summed E-state index contributed by atoms with van der Waals surface area (Å²) in [7, 11) is 0. The maximum Gasteiger partial charge on any atom is 0.233 e. The zero-order valence-corrected chi connectivity index (χ0v) is 10.6. The van der Waals surface area contributed by atoms with Crippen molar-refractivity contribution < 1.29 is 0 Å². The topological polar surface area (TPSA) is 63.8 Å². The van der Waals surface area contributed by atoms with E-state index in [9.17, 15) is 0 Å². The molecule has 0 saturated carbocycles. The van der Waals surface area contributed by atoms with E-state index >= 15 is 0 Å². The highest BCUT2D eigenvalue weighted by Crippen LogP contribution is 2.21. The van der Waals surface area contributed by atoms with E-state index in [4.69, 9.17) is 5.73 Å². The highest BCUT2D eigenvalue weighted by molar-refractivity contribution is 7.09. The van der Waals surface area contributed by atoms with Gasteiger partial charge in [-0.1, -0.05) is 27.7 Å². The van der Waals surface area contributed by atoms with Crippen molar-refractivity contribution in [3.05, 3.63) is 0 Å². The maximum atomic E-state index is 5.45. The van der Waals surface area contributed by atoms with Crippen LogP contribution in [0.2, 0.25) is 0 Å². The summed E-state index contributed by atoms with van der Waals surface area (Å²) in [6, 6.07) is 0. The molecule has 4 nitrogen and oxygen atoms in total. The largest absolute Gasteiger partial charge is 0.367 e. The van der Waals surface area contributed by atoms with Crippen LogP contribution in [0.25, 0.3) is 0 Å². The van der Waals surface area contributed by atoms with Crippen LogP contribution in [0.1, 0.15) is 27.7 Å². The third-order valence-corrected chi connectivity index (χ3v) is 3.33. The Morgan fingerprint density at radius 2 is 1.87 bits per heavy atom. The van der Waals surface area contributed by atoms with E-state index in [2.05, 4.69) is 42.4 Å². The molecule has 0 aromatic carbocycles. The number of nitrogen functional groups attached to an aromatic ring is 1. The van der Waals surface area contributed by atoms with Gasteiger partial charge in [0.1, 0.15) is 0 Å². The third-order valence-electron chi connectivity index (χ3n) is 2.64. The molecule has 1 aromatic heterocycles. The third kappa shape index (κ3) is 3.66. The van der Waals surface area contributed by atoms with Gasteiger partial charge < -0.3 is 11.1 Å². The molecule has 1 heterocycles. The Morgan fingerprint density at radius 3 is 2.27 bits per heavy atom. The fraction of sp³-hybridized carbons (Fsp3) is 0.800. The summed E-state index contributed by atoms with van der Waals surface area (Å²) in [5.74, 6) is 2.34. The van der Waals surface area contributed by atoms with Gasteiger partial charge in [-0.2, -0.15) is 9.36 Å². The van der Waals surface area contributed by atoms with Gasteiger partial charge >= 0.3 is 0 Å². The van der Waals surface area contributed by atoms with Gasteiger partial charge in [0.25, 0.3) is 0 Å². The fourth-order valence-corrected chi connectivity index (χ4v) is 2.26. The van der Waals surface area contributed by atoms with Crippen molar-refractivity contribution in [2.24, 2.45) is 17.8 Å².